The summed E-state index contributed by atoms with van der Waals surface area (Å²) in [6.07, 6.45) is 1.90. The highest BCUT2D eigenvalue weighted by Crippen LogP contribution is 2.14. The minimum Gasteiger partial charge on any atom is -0.352 e. The lowest BCUT2D eigenvalue weighted by Gasteiger charge is -2.07. The molecule has 6 nitrogen and oxygen atoms in total. The molecule has 0 bridgehead atoms. The predicted octanol–water partition coefficient (Wildman–Crippen LogP) is 2.37. The Morgan fingerprint density at radius 2 is 1.92 bits per heavy atom. The fourth-order valence-electron chi connectivity index (χ4n) is 2.54. The van der Waals surface area contributed by atoms with Crippen LogP contribution in [0.2, 0.25) is 0 Å². The molecular formula is C20H20N4O2. The molecule has 0 saturated carbocycles. The molecule has 0 fully saturated rings. The Balaban J connectivity index is 1.48. The molecule has 2 amide bonds. The predicted molar refractivity (Wildman–Crippen MR) is 99.5 cm³/mol. The van der Waals surface area contributed by atoms with Crippen molar-refractivity contribution in [1.82, 2.24) is 20.6 Å². The molecule has 0 aliphatic heterocycles. The van der Waals surface area contributed by atoms with Crippen molar-refractivity contribution in [3.05, 3.63) is 71.7 Å². The Hall–Kier alpha value is -3.28. The largest absolute Gasteiger partial charge is 0.352 e. The van der Waals surface area contributed by atoms with Gasteiger partial charge in [0.15, 0.2) is 0 Å². The molecule has 6 heteroatoms. The van der Waals surface area contributed by atoms with Crippen LogP contribution in [0, 0.1) is 6.92 Å². The summed E-state index contributed by atoms with van der Waals surface area (Å²) in [7, 11) is 0. The molecule has 0 saturated heterocycles. The maximum absolute atomic E-state index is 12.2. The van der Waals surface area contributed by atoms with Gasteiger partial charge in [-0.15, -0.1) is 0 Å². The van der Waals surface area contributed by atoms with Gasteiger partial charge in [0.25, 0.3) is 5.91 Å². The first-order valence-corrected chi connectivity index (χ1v) is 8.44. The van der Waals surface area contributed by atoms with Crippen molar-refractivity contribution < 1.29 is 9.59 Å². The summed E-state index contributed by atoms with van der Waals surface area (Å²) in [5.74, 6) is -0.334. The van der Waals surface area contributed by atoms with E-state index in [1.807, 2.05) is 43.3 Å². The summed E-state index contributed by atoms with van der Waals surface area (Å²) >= 11 is 0. The van der Waals surface area contributed by atoms with Crippen molar-refractivity contribution in [3.8, 4) is 0 Å². The molecule has 2 heterocycles. The number of amides is 2. The van der Waals surface area contributed by atoms with E-state index in [1.165, 1.54) is 0 Å². The third-order valence-electron chi connectivity index (χ3n) is 3.92. The van der Waals surface area contributed by atoms with E-state index in [0.29, 0.717) is 12.1 Å². The van der Waals surface area contributed by atoms with Crippen LogP contribution in [0.3, 0.4) is 0 Å². The Kier molecular flexibility index (Phi) is 5.53. The van der Waals surface area contributed by atoms with E-state index in [4.69, 9.17) is 0 Å². The third kappa shape index (κ3) is 4.63. The number of nitrogens with one attached hydrogen (secondary N) is 2. The zero-order valence-electron chi connectivity index (χ0n) is 14.5. The van der Waals surface area contributed by atoms with E-state index in [9.17, 15) is 9.59 Å². The minimum absolute atomic E-state index is 0.130. The van der Waals surface area contributed by atoms with E-state index >= 15 is 0 Å². The first kappa shape index (κ1) is 17.5. The Morgan fingerprint density at radius 1 is 1.04 bits per heavy atom. The van der Waals surface area contributed by atoms with Crippen LogP contribution in [0.1, 0.15) is 28.2 Å². The van der Waals surface area contributed by atoms with E-state index in [2.05, 4.69) is 20.6 Å². The van der Waals surface area contributed by atoms with E-state index < -0.39 is 0 Å². The van der Waals surface area contributed by atoms with Gasteiger partial charge in [0.2, 0.25) is 5.91 Å². The van der Waals surface area contributed by atoms with Gasteiger partial charge >= 0.3 is 0 Å². The summed E-state index contributed by atoms with van der Waals surface area (Å²) in [4.78, 5) is 32.6. The van der Waals surface area contributed by atoms with Gasteiger partial charge in [-0.1, -0.05) is 12.1 Å². The number of aromatic nitrogens is 2. The molecule has 1 aromatic carbocycles. The maximum Gasteiger partial charge on any atom is 0.251 e. The molecule has 0 radical (unpaired) electrons. The molecule has 0 spiro atoms. The highest BCUT2D eigenvalue weighted by molar-refractivity contribution is 5.98. The second-order valence-electron chi connectivity index (χ2n) is 5.96. The second kappa shape index (κ2) is 8.20. The van der Waals surface area contributed by atoms with E-state index in [1.54, 1.807) is 18.3 Å². The summed E-state index contributed by atoms with van der Waals surface area (Å²) in [6, 6.07) is 14.8. The molecule has 2 aromatic heterocycles. The van der Waals surface area contributed by atoms with E-state index in [-0.39, 0.29) is 24.8 Å². The summed E-state index contributed by atoms with van der Waals surface area (Å²) < 4.78 is 0. The molecule has 0 aliphatic carbocycles. The fraction of sp³-hybridized carbons (Fsp3) is 0.200. The lowest BCUT2D eigenvalue weighted by atomic mass is 10.1. The van der Waals surface area contributed by atoms with Gasteiger partial charge in [0.05, 0.1) is 17.8 Å². The summed E-state index contributed by atoms with van der Waals surface area (Å²) in [5, 5.41) is 6.46. The topological polar surface area (TPSA) is 84.0 Å². The fourth-order valence-corrected chi connectivity index (χ4v) is 2.54. The van der Waals surface area contributed by atoms with E-state index in [0.717, 1.165) is 22.3 Å². The zero-order chi connectivity index (χ0) is 18.4. The van der Waals surface area contributed by atoms with Crippen LogP contribution < -0.4 is 10.6 Å². The number of nitrogens with zero attached hydrogens (tertiary/aromatic N) is 2. The maximum atomic E-state index is 12.2. The monoisotopic (exact) mass is 348 g/mol. The number of carbonyl (C=O) groups is 2. The molecule has 26 heavy (non-hydrogen) atoms. The number of carbonyl (C=O) groups excluding carboxylic acids is 2. The molecule has 3 aromatic rings. The molecule has 2 N–H and O–H groups in total. The molecule has 3 rings (SSSR count). The molecular weight excluding hydrogens is 328 g/mol. The van der Waals surface area contributed by atoms with Crippen LogP contribution in [0.25, 0.3) is 10.9 Å². The summed E-state index contributed by atoms with van der Waals surface area (Å²) in [5.41, 5.74) is 3.14. The average molecular weight is 348 g/mol. The van der Waals surface area contributed by atoms with Gasteiger partial charge in [-0.3, -0.25) is 19.6 Å². The van der Waals surface area contributed by atoms with Gasteiger partial charge in [0, 0.05) is 35.8 Å². The van der Waals surface area contributed by atoms with Crippen LogP contribution in [0.15, 0.2) is 54.7 Å². The number of benzene rings is 1. The van der Waals surface area contributed by atoms with Gasteiger partial charge in [-0.05, 0) is 43.3 Å². The summed E-state index contributed by atoms with van der Waals surface area (Å²) in [6.45, 7) is 2.58. The highest BCUT2D eigenvalue weighted by atomic mass is 16.2. The first-order chi connectivity index (χ1) is 12.6. The minimum atomic E-state index is -0.204. The standard InChI is InChI=1S/C20H20N4O2/c1-14-5-6-15-12-16(7-8-18(15)24-14)20(26)22-11-9-19(25)23-13-17-4-2-3-10-21-17/h2-8,10,12H,9,11,13H2,1H3,(H,22,26)(H,23,25). The average Bonchev–Trinajstić information content (AvgIpc) is 2.66. The molecule has 0 unspecified atom stereocenters. The number of aryl methyl sites for hydroxylation is 1. The van der Waals surface area contributed by atoms with Gasteiger partial charge in [-0.2, -0.15) is 0 Å². The second-order valence-corrected chi connectivity index (χ2v) is 5.96. The smallest absolute Gasteiger partial charge is 0.251 e. The molecule has 132 valence electrons. The molecule has 0 atom stereocenters. The van der Waals surface area contributed by atoms with Crippen LogP contribution in [-0.4, -0.2) is 28.3 Å². The Labute approximate surface area is 151 Å². The number of rotatable bonds is 6. The normalized spacial score (nSPS) is 10.5. The van der Waals surface area contributed by atoms with Gasteiger partial charge in [-0.25, -0.2) is 0 Å². The Morgan fingerprint density at radius 3 is 2.73 bits per heavy atom. The lowest BCUT2D eigenvalue weighted by molar-refractivity contribution is -0.121. The van der Waals surface area contributed by atoms with Crippen molar-refractivity contribution >= 4 is 22.7 Å². The number of hydrogen-bond acceptors (Lipinski definition) is 4. The SMILES string of the molecule is Cc1ccc2cc(C(=O)NCCC(=O)NCc3ccccn3)ccc2n1. The third-order valence-corrected chi connectivity index (χ3v) is 3.92. The number of pyridine rings is 2. The number of fused-ring (bicyclic) bond motifs is 1. The van der Waals surface area contributed by atoms with Crippen molar-refractivity contribution in [3.63, 3.8) is 0 Å². The van der Waals surface area contributed by atoms with Crippen LogP contribution in [0.5, 0.6) is 0 Å². The first-order valence-electron chi connectivity index (χ1n) is 8.44. The number of hydrogen-bond donors (Lipinski definition) is 2. The molecule has 0 aliphatic rings. The van der Waals surface area contributed by atoms with Crippen molar-refractivity contribution in [2.45, 2.75) is 19.9 Å². The van der Waals surface area contributed by atoms with Crippen molar-refractivity contribution in [2.75, 3.05) is 6.54 Å². The van der Waals surface area contributed by atoms with Crippen molar-refractivity contribution in [2.24, 2.45) is 0 Å². The van der Waals surface area contributed by atoms with Crippen LogP contribution in [0.4, 0.5) is 0 Å². The Bertz CT molecular complexity index is 926. The van der Waals surface area contributed by atoms with Gasteiger partial charge < -0.3 is 10.6 Å². The zero-order valence-corrected chi connectivity index (χ0v) is 14.5. The van der Waals surface area contributed by atoms with Crippen LogP contribution in [-0.2, 0) is 11.3 Å². The van der Waals surface area contributed by atoms with Crippen molar-refractivity contribution in [1.29, 1.82) is 0 Å². The van der Waals surface area contributed by atoms with Crippen LogP contribution >= 0.6 is 0 Å². The lowest BCUT2D eigenvalue weighted by Crippen LogP contribution is -2.30. The van der Waals surface area contributed by atoms with Gasteiger partial charge in [0.1, 0.15) is 0 Å². The highest BCUT2D eigenvalue weighted by Gasteiger charge is 2.08. The quantitative estimate of drug-likeness (QED) is 0.716.